The van der Waals surface area contributed by atoms with Crippen molar-refractivity contribution in [2.75, 3.05) is 6.61 Å². The number of primary amides is 1. The van der Waals surface area contributed by atoms with Gasteiger partial charge in [-0.3, -0.25) is 4.79 Å². The zero-order valence-corrected chi connectivity index (χ0v) is 15.5. The highest BCUT2D eigenvalue weighted by atomic mass is 35.5. The molecule has 1 amide bonds. The van der Waals surface area contributed by atoms with Crippen molar-refractivity contribution >= 4 is 17.5 Å². The van der Waals surface area contributed by atoms with E-state index < -0.39 is 18.7 Å². The molecule has 29 heavy (non-hydrogen) atoms. The molecule has 0 aliphatic rings. The maximum absolute atomic E-state index is 12.6. The predicted molar refractivity (Wildman–Crippen MR) is 102 cm³/mol. The van der Waals surface area contributed by atoms with Gasteiger partial charge in [-0.25, -0.2) is 4.98 Å². The van der Waals surface area contributed by atoms with Crippen LogP contribution in [-0.2, 0) is 0 Å². The lowest BCUT2D eigenvalue weighted by molar-refractivity contribution is -0.154. The van der Waals surface area contributed by atoms with Crippen molar-refractivity contribution in [2.45, 2.75) is 6.18 Å². The number of halogens is 4. The van der Waals surface area contributed by atoms with Crippen molar-refractivity contribution in [1.29, 1.82) is 0 Å². The Morgan fingerprint density at radius 2 is 1.79 bits per heavy atom. The molecule has 0 saturated carbocycles. The van der Waals surface area contributed by atoms with E-state index in [1.165, 1.54) is 30.5 Å². The normalized spacial score (nSPS) is 11.3. The van der Waals surface area contributed by atoms with Crippen molar-refractivity contribution in [3.63, 3.8) is 0 Å². The molecular formula is C20H14ClF3N2O3. The van der Waals surface area contributed by atoms with E-state index in [-0.39, 0.29) is 28.3 Å². The van der Waals surface area contributed by atoms with E-state index in [4.69, 9.17) is 22.1 Å². The number of rotatable bonds is 5. The first-order valence-corrected chi connectivity index (χ1v) is 8.61. The van der Waals surface area contributed by atoms with Gasteiger partial charge in [0.2, 0.25) is 5.88 Å². The maximum atomic E-state index is 12.6. The van der Waals surface area contributed by atoms with E-state index in [0.29, 0.717) is 16.1 Å². The highest BCUT2D eigenvalue weighted by Crippen LogP contribution is 2.37. The molecule has 0 aliphatic carbocycles. The Balaban J connectivity index is 2.12. The molecule has 0 aliphatic heterocycles. The number of carbonyl (C=O) groups excluding carboxylic acids is 1. The number of hydrogen-bond acceptors (Lipinski definition) is 4. The van der Waals surface area contributed by atoms with E-state index in [1.54, 1.807) is 24.3 Å². The lowest BCUT2D eigenvalue weighted by Crippen LogP contribution is -2.20. The third-order valence-corrected chi connectivity index (χ3v) is 4.24. The minimum atomic E-state index is -4.54. The van der Waals surface area contributed by atoms with Gasteiger partial charge >= 0.3 is 6.18 Å². The summed E-state index contributed by atoms with van der Waals surface area (Å²) in [6.45, 7) is -1.51. The Morgan fingerprint density at radius 1 is 1.10 bits per heavy atom. The predicted octanol–water partition coefficient (Wildman–Crippen LogP) is 4.81. The van der Waals surface area contributed by atoms with Crippen LogP contribution in [0.5, 0.6) is 11.6 Å². The van der Waals surface area contributed by atoms with Crippen LogP contribution in [0.4, 0.5) is 13.2 Å². The van der Waals surface area contributed by atoms with E-state index >= 15 is 0 Å². The van der Waals surface area contributed by atoms with Gasteiger partial charge in [-0.2, -0.15) is 13.2 Å². The maximum Gasteiger partial charge on any atom is 0.422 e. The van der Waals surface area contributed by atoms with Gasteiger partial charge in [0.25, 0.3) is 5.91 Å². The quantitative estimate of drug-likeness (QED) is 0.617. The number of pyridine rings is 1. The van der Waals surface area contributed by atoms with Crippen LogP contribution in [0.1, 0.15) is 10.4 Å². The standard InChI is InChI=1S/C20H14ClF3N2O3/c21-13-6-4-11(5-7-13)16-8-12(9-26-19(16)29-10-20(22,23)24)14-2-1-3-15(17(14)27)18(25)28/h1-9,27H,10H2,(H2,25,28). The number of phenols is 1. The second kappa shape index (κ2) is 8.00. The summed E-state index contributed by atoms with van der Waals surface area (Å²) < 4.78 is 42.7. The Kier molecular flexibility index (Phi) is 5.65. The summed E-state index contributed by atoms with van der Waals surface area (Å²) in [5.74, 6) is -1.41. The number of para-hydroxylation sites is 1. The van der Waals surface area contributed by atoms with Gasteiger partial charge < -0.3 is 15.6 Å². The molecule has 0 atom stereocenters. The molecule has 1 aromatic heterocycles. The summed E-state index contributed by atoms with van der Waals surface area (Å²) in [6, 6.07) is 12.3. The molecule has 0 unspecified atom stereocenters. The molecule has 9 heteroatoms. The van der Waals surface area contributed by atoms with Crippen LogP contribution in [0.25, 0.3) is 22.3 Å². The summed E-state index contributed by atoms with van der Waals surface area (Å²) >= 11 is 5.88. The molecule has 5 nitrogen and oxygen atoms in total. The summed E-state index contributed by atoms with van der Waals surface area (Å²) in [5, 5.41) is 10.8. The summed E-state index contributed by atoms with van der Waals surface area (Å²) in [6.07, 6.45) is -3.29. The monoisotopic (exact) mass is 422 g/mol. The molecule has 2 aromatic carbocycles. The van der Waals surface area contributed by atoms with Crippen molar-refractivity contribution in [3.05, 3.63) is 65.3 Å². The third kappa shape index (κ3) is 4.78. The molecule has 0 bridgehead atoms. The van der Waals surface area contributed by atoms with Crippen molar-refractivity contribution in [1.82, 2.24) is 4.98 Å². The Morgan fingerprint density at radius 3 is 2.41 bits per heavy atom. The van der Waals surface area contributed by atoms with Crippen LogP contribution < -0.4 is 10.5 Å². The van der Waals surface area contributed by atoms with Gasteiger partial charge in [0.1, 0.15) is 5.75 Å². The van der Waals surface area contributed by atoms with E-state index in [9.17, 15) is 23.1 Å². The molecular weight excluding hydrogens is 409 g/mol. The highest BCUT2D eigenvalue weighted by molar-refractivity contribution is 6.30. The van der Waals surface area contributed by atoms with Crippen LogP contribution in [0.2, 0.25) is 5.02 Å². The van der Waals surface area contributed by atoms with Crippen LogP contribution in [-0.4, -0.2) is 28.8 Å². The first kappa shape index (κ1) is 20.5. The number of amides is 1. The Labute approximate surface area is 168 Å². The number of aromatic nitrogens is 1. The molecule has 150 valence electrons. The topological polar surface area (TPSA) is 85.4 Å². The second-order valence-corrected chi connectivity index (χ2v) is 6.49. The molecule has 0 saturated heterocycles. The average molecular weight is 423 g/mol. The summed E-state index contributed by atoms with van der Waals surface area (Å²) in [5.41, 5.74) is 6.52. The molecule has 3 rings (SSSR count). The van der Waals surface area contributed by atoms with E-state index in [0.717, 1.165) is 0 Å². The fourth-order valence-electron chi connectivity index (χ4n) is 2.68. The number of nitrogens with zero attached hydrogens (tertiary/aromatic N) is 1. The van der Waals surface area contributed by atoms with E-state index in [2.05, 4.69) is 4.98 Å². The lowest BCUT2D eigenvalue weighted by Gasteiger charge is -2.15. The fourth-order valence-corrected chi connectivity index (χ4v) is 2.80. The van der Waals surface area contributed by atoms with Gasteiger partial charge in [-0.05, 0) is 29.8 Å². The second-order valence-electron chi connectivity index (χ2n) is 6.05. The van der Waals surface area contributed by atoms with E-state index in [1.807, 2.05) is 0 Å². The molecule has 3 aromatic rings. The number of hydrogen-bond donors (Lipinski definition) is 2. The number of alkyl halides is 3. The van der Waals surface area contributed by atoms with Crippen LogP contribution in [0, 0.1) is 0 Å². The SMILES string of the molecule is NC(=O)c1cccc(-c2cnc(OCC(F)(F)F)c(-c3ccc(Cl)cc3)c2)c1O. The fraction of sp³-hybridized carbons (Fsp3) is 0.100. The van der Waals surface area contributed by atoms with Gasteiger partial charge in [-0.1, -0.05) is 35.9 Å². The zero-order valence-electron chi connectivity index (χ0n) is 14.7. The largest absolute Gasteiger partial charge is 0.506 e. The minimum absolute atomic E-state index is 0.0899. The van der Waals surface area contributed by atoms with Gasteiger partial charge in [0, 0.05) is 27.9 Å². The zero-order chi connectivity index (χ0) is 21.2. The van der Waals surface area contributed by atoms with Crippen molar-refractivity contribution in [2.24, 2.45) is 5.73 Å². The van der Waals surface area contributed by atoms with Crippen molar-refractivity contribution in [3.8, 4) is 33.9 Å². The van der Waals surface area contributed by atoms with Crippen LogP contribution in [0.3, 0.4) is 0 Å². The number of aromatic hydroxyl groups is 1. The number of benzene rings is 2. The third-order valence-electron chi connectivity index (χ3n) is 3.99. The summed E-state index contributed by atoms with van der Waals surface area (Å²) in [4.78, 5) is 15.5. The highest BCUT2D eigenvalue weighted by Gasteiger charge is 2.29. The van der Waals surface area contributed by atoms with Crippen LogP contribution >= 0.6 is 11.6 Å². The van der Waals surface area contributed by atoms with Gasteiger partial charge in [-0.15, -0.1) is 0 Å². The Bertz CT molecular complexity index is 1050. The first-order chi connectivity index (χ1) is 13.7. The Hall–Kier alpha value is -3.26. The van der Waals surface area contributed by atoms with Crippen molar-refractivity contribution < 1.29 is 27.8 Å². The molecule has 0 radical (unpaired) electrons. The molecule has 0 spiro atoms. The number of carbonyl (C=O) groups is 1. The van der Waals surface area contributed by atoms with Crippen LogP contribution in [0.15, 0.2) is 54.7 Å². The lowest BCUT2D eigenvalue weighted by atomic mass is 9.99. The molecule has 0 fully saturated rings. The molecule has 3 N–H and O–H groups in total. The van der Waals surface area contributed by atoms with Gasteiger partial charge in [0.05, 0.1) is 5.56 Å². The number of ether oxygens (including phenoxy) is 1. The minimum Gasteiger partial charge on any atom is -0.506 e. The smallest absolute Gasteiger partial charge is 0.422 e. The first-order valence-electron chi connectivity index (χ1n) is 8.23. The number of nitrogens with two attached hydrogens (primary N) is 1. The van der Waals surface area contributed by atoms with Gasteiger partial charge in [0.15, 0.2) is 6.61 Å². The average Bonchev–Trinajstić information content (AvgIpc) is 2.66. The summed E-state index contributed by atoms with van der Waals surface area (Å²) in [7, 11) is 0. The molecule has 1 heterocycles.